The molecule has 0 amide bonds. The lowest BCUT2D eigenvalue weighted by Gasteiger charge is -2.09. The largest absolute Gasteiger partial charge is 0.423 e. The van der Waals surface area contributed by atoms with E-state index >= 15 is 0 Å². The number of rotatable bonds is 6. The maximum absolute atomic E-state index is 10.9. The summed E-state index contributed by atoms with van der Waals surface area (Å²) in [6.45, 7) is 3.63. The molecule has 0 aliphatic rings. The molecule has 102 valence electrons. The first-order valence-electron chi connectivity index (χ1n) is 6.04. The number of oxazole rings is 1. The molecule has 0 saturated carbocycles. The second kappa shape index (κ2) is 5.66. The SMILES string of the molecule is CNCC(C)CNc1nc2c([N+](=O)[O-])cccc2o1. The van der Waals surface area contributed by atoms with Gasteiger partial charge in [-0.15, -0.1) is 0 Å². The summed E-state index contributed by atoms with van der Waals surface area (Å²) in [7, 11) is 1.89. The number of nitro groups is 1. The first kappa shape index (κ1) is 13.3. The van der Waals surface area contributed by atoms with Gasteiger partial charge < -0.3 is 15.1 Å². The van der Waals surface area contributed by atoms with Crippen LogP contribution in [0.25, 0.3) is 11.1 Å². The highest BCUT2D eigenvalue weighted by atomic mass is 16.6. The van der Waals surface area contributed by atoms with E-state index in [1.54, 1.807) is 12.1 Å². The van der Waals surface area contributed by atoms with Crippen molar-refractivity contribution >= 4 is 22.8 Å². The average Bonchev–Trinajstić information content (AvgIpc) is 2.79. The molecule has 2 N–H and O–H groups in total. The highest BCUT2D eigenvalue weighted by Crippen LogP contribution is 2.27. The fraction of sp³-hybridized carbons (Fsp3) is 0.417. The van der Waals surface area contributed by atoms with Crippen molar-refractivity contribution in [2.24, 2.45) is 5.92 Å². The van der Waals surface area contributed by atoms with Gasteiger partial charge in [0.15, 0.2) is 11.1 Å². The van der Waals surface area contributed by atoms with Gasteiger partial charge in [0.25, 0.3) is 11.7 Å². The molecule has 0 aliphatic carbocycles. The summed E-state index contributed by atoms with van der Waals surface area (Å²) in [5, 5.41) is 17.0. The van der Waals surface area contributed by atoms with E-state index in [-0.39, 0.29) is 11.2 Å². The van der Waals surface area contributed by atoms with Gasteiger partial charge in [0, 0.05) is 12.6 Å². The fourth-order valence-electron chi connectivity index (χ4n) is 1.84. The second-order valence-corrected chi connectivity index (χ2v) is 4.44. The van der Waals surface area contributed by atoms with Crippen molar-refractivity contribution in [1.29, 1.82) is 0 Å². The molecule has 19 heavy (non-hydrogen) atoms. The molecular formula is C12H16N4O3. The van der Waals surface area contributed by atoms with Gasteiger partial charge in [-0.25, -0.2) is 0 Å². The van der Waals surface area contributed by atoms with Gasteiger partial charge in [0.1, 0.15) is 0 Å². The van der Waals surface area contributed by atoms with Crippen LogP contribution in [-0.2, 0) is 0 Å². The number of non-ortho nitro benzene ring substituents is 1. The zero-order valence-corrected chi connectivity index (χ0v) is 10.8. The molecule has 0 saturated heterocycles. The van der Waals surface area contributed by atoms with E-state index in [0.29, 0.717) is 24.1 Å². The summed E-state index contributed by atoms with van der Waals surface area (Å²) in [6, 6.07) is 4.97. The van der Waals surface area contributed by atoms with Gasteiger partial charge in [0.05, 0.1) is 4.92 Å². The van der Waals surface area contributed by atoms with Crippen molar-refractivity contribution in [2.75, 3.05) is 25.5 Å². The van der Waals surface area contributed by atoms with E-state index in [0.717, 1.165) is 6.54 Å². The van der Waals surface area contributed by atoms with E-state index in [4.69, 9.17) is 4.42 Å². The molecule has 0 radical (unpaired) electrons. The van der Waals surface area contributed by atoms with E-state index in [1.807, 2.05) is 7.05 Å². The molecule has 0 spiro atoms. The lowest BCUT2D eigenvalue weighted by Crippen LogP contribution is -2.22. The van der Waals surface area contributed by atoms with Crippen LogP contribution in [0.2, 0.25) is 0 Å². The lowest BCUT2D eigenvalue weighted by molar-refractivity contribution is -0.383. The molecule has 0 aliphatic heterocycles. The van der Waals surface area contributed by atoms with Crippen LogP contribution in [0.15, 0.2) is 22.6 Å². The Balaban J connectivity index is 2.17. The number of hydrogen-bond acceptors (Lipinski definition) is 6. The van der Waals surface area contributed by atoms with Crippen molar-refractivity contribution in [1.82, 2.24) is 10.3 Å². The van der Waals surface area contributed by atoms with Crippen LogP contribution in [0, 0.1) is 16.0 Å². The summed E-state index contributed by atoms with van der Waals surface area (Å²) in [5.41, 5.74) is 0.645. The van der Waals surface area contributed by atoms with Crippen molar-refractivity contribution in [3.63, 3.8) is 0 Å². The van der Waals surface area contributed by atoms with Crippen molar-refractivity contribution < 1.29 is 9.34 Å². The highest BCUT2D eigenvalue weighted by Gasteiger charge is 2.17. The molecule has 0 fully saturated rings. The van der Waals surface area contributed by atoms with Crippen LogP contribution < -0.4 is 10.6 Å². The Labute approximate surface area is 110 Å². The summed E-state index contributed by atoms with van der Waals surface area (Å²) in [4.78, 5) is 14.5. The average molecular weight is 264 g/mol. The third-order valence-electron chi connectivity index (χ3n) is 2.75. The second-order valence-electron chi connectivity index (χ2n) is 4.44. The molecule has 1 heterocycles. The van der Waals surface area contributed by atoms with Gasteiger partial charge in [-0.3, -0.25) is 10.1 Å². The maximum atomic E-state index is 10.9. The van der Waals surface area contributed by atoms with E-state index in [2.05, 4.69) is 22.5 Å². The number of fused-ring (bicyclic) bond motifs is 1. The van der Waals surface area contributed by atoms with Gasteiger partial charge >= 0.3 is 0 Å². The zero-order valence-electron chi connectivity index (χ0n) is 10.8. The monoisotopic (exact) mass is 264 g/mol. The normalized spacial score (nSPS) is 12.5. The molecule has 7 heteroatoms. The predicted molar refractivity (Wildman–Crippen MR) is 72.2 cm³/mol. The van der Waals surface area contributed by atoms with Crippen LogP contribution in [0.4, 0.5) is 11.7 Å². The first-order valence-corrected chi connectivity index (χ1v) is 6.04. The van der Waals surface area contributed by atoms with E-state index in [1.165, 1.54) is 6.07 Å². The van der Waals surface area contributed by atoms with Crippen molar-refractivity contribution in [3.05, 3.63) is 28.3 Å². The minimum absolute atomic E-state index is 0.0439. The van der Waals surface area contributed by atoms with Crippen LogP contribution in [-0.4, -0.2) is 30.0 Å². The zero-order chi connectivity index (χ0) is 13.8. The maximum Gasteiger partial charge on any atom is 0.298 e. The number of nitrogens with one attached hydrogen (secondary N) is 2. The standard InChI is InChI=1S/C12H16N4O3/c1-8(6-13-2)7-14-12-15-11-9(16(17)18)4-3-5-10(11)19-12/h3-5,8,13H,6-7H2,1-2H3,(H,14,15). The number of benzene rings is 1. The van der Waals surface area contributed by atoms with Crippen molar-refractivity contribution in [2.45, 2.75) is 6.92 Å². The van der Waals surface area contributed by atoms with Crippen molar-refractivity contribution in [3.8, 4) is 0 Å². The van der Waals surface area contributed by atoms with Gasteiger partial charge in [-0.1, -0.05) is 13.0 Å². The Morgan fingerprint density at radius 3 is 2.95 bits per heavy atom. The molecule has 7 nitrogen and oxygen atoms in total. The number of anilines is 1. The predicted octanol–water partition coefficient (Wildman–Crippen LogP) is 2.00. The summed E-state index contributed by atoms with van der Waals surface area (Å²) >= 11 is 0. The molecule has 0 bridgehead atoms. The fourth-order valence-corrected chi connectivity index (χ4v) is 1.84. The molecule has 1 aromatic heterocycles. The Kier molecular flexibility index (Phi) is 3.96. The van der Waals surface area contributed by atoms with Crippen LogP contribution >= 0.6 is 0 Å². The molecule has 1 unspecified atom stereocenters. The summed E-state index contributed by atoms with van der Waals surface area (Å²) in [5.74, 6) is 0.398. The molecule has 1 aromatic carbocycles. The number of hydrogen-bond donors (Lipinski definition) is 2. The Morgan fingerprint density at radius 1 is 1.47 bits per heavy atom. The summed E-state index contributed by atoms with van der Waals surface area (Å²) in [6.07, 6.45) is 0. The van der Waals surface area contributed by atoms with Gasteiger partial charge in [0.2, 0.25) is 0 Å². The number of para-hydroxylation sites is 1. The van der Waals surface area contributed by atoms with E-state index < -0.39 is 4.92 Å². The topological polar surface area (TPSA) is 93.2 Å². The minimum atomic E-state index is -0.460. The Morgan fingerprint density at radius 2 is 2.26 bits per heavy atom. The molecular weight excluding hydrogens is 248 g/mol. The number of nitro benzene ring substituents is 1. The van der Waals surface area contributed by atoms with Gasteiger partial charge in [-0.05, 0) is 25.6 Å². The molecule has 2 rings (SSSR count). The van der Waals surface area contributed by atoms with Crippen LogP contribution in [0.5, 0.6) is 0 Å². The highest BCUT2D eigenvalue weighted by molar-refractivity contribution is 5.83. The molecule has 1 atom stereocenters. The number of aromatic nitrogens is 1. The first-order chi connectivity index (χ1) is 9.11. The number of nitrogens with zero attached hydrogens (tertiary/aromatic N) is 2. The van der Waals surface area contributed by atoms with Gasteiger partial charge in [-0.2, -0.15) is 4.98 Å². The summed E-state index contributed by atoms with van der Waals surface area (Å²) < 4.78 is 5.44. The quantitative estimate of drug-likeness (QED) is 0.612. The third-order valence-corrected chi connectivity index (χ3v) is 2.75. The minimum Gasteiger partial charge on any atom is -0.423 e. The third kappa shape index (κ3) is 3.00. The van der Waals surface area contributed by atoms with Crippen LogP contribution in [0.1, 0.15) is 6.92 Å². The smallest absolute Gasteiger partial charge is 0.298 e. The Hall–Kier alpha value is -2.15. The van der Waals surface area contributed by atoms with Crippen LogP contribution in [0.3, 0.4) is 0 Å². The lowest BCUT2D eigenvalue weighted by atomic mass is 10.2. The Bertz CT molecular complexity index is 581. The molecule has 2 aromatic rings. The van der Waals surface area contributed by atoms with E-state index in [9.17, 15) is 10.1 Å².